The molecule has 178 valence electrons. The number of benzene rings is 1. The van der Waals surface area contributed by atoms with E-state index in [1.165, 1.54) is 82.6 Å². The first-order valence-electron chi connectivity index (χ1n) is 13.8. The Morgan fingerprint density at radius 3 is 2.06 bits per heavy atom. The standard InChI is InChI=1S/C30H46O2/c1-4-29(2,3)26-10-12-27(13-11-26)32-28(31-15-14-22-8-6-5-7-9-22)30-19-23-16-24(20-30)18-25(17-23)21-30/h10-13,22-25,28H,4-9,14-21H2,1-3H3. The van der Waals surface area contributed by atoms with Crippen LogP contribution >= 0.6 is 0 Å². The van der Waals surface area contributed by atoms with Gasteiger partial charge >= 0.3 is 0 Å². The highest BCUT2D eigenvalue weighted by molar-refractivity contribution is 5.31. The number of hydrogen-bond donors (Lipinski definition) is 0. The number of ether oxygens (including phenoxy) is 2. The van der Waals surface area contributed by atoms with E-state index in [-0.39, 0.29) is 17.1 Å². The minimum atomic E-state index is -0.0653. The van der Waals surface area contributed by atoms with Gasteiger partial charge in [-0.1, -0.05) is 65.0 Å². The molecule has 5 fully saturated rings. The summed E-state index contributed by atoms with van der Waals surface area (Å²) < 4.78 is 13.5. The lowest BCUT2D eigenvalue weighted by Crippen LogP contribution is -2.54. The molecule has 2 heteroatoms. The van der Waals surface area contributed by atoms with Gasteiger partial charge in [-0.25, -0.2) is 0 Å². The monoisotopic (exact) mass is 438 g/mol. The highest BCUT2D eigenvalue weighted by Gasteiger charge is 2.56. The van der Waals surface area contributed by atoms with Crippen LogP contribution in [0.2, 0.25) is 0 Å². The first-order chi connectivity index (χ1) is 15.5. The fourth-order valence-electron chi connectivity index (χ4n) is 7.93. The molecular weight excluding hydrogens is 392 g/mol. The molecule has 2 nitrogen and oxygen atoms in total. The first-order valence-corrected chi connectivity index (χ1v) is 13.8. The third-order valence-electron chi connectivity index (χ3n) is 9.87. The van der Waals surface area contributed by atoms with Gasteiger partial charge in [0.05, 0.1) is 6.61 Å². The largest absolute Gasteiger partial charge is 0.464 e. The van der Waals surface area contributed by atoms with Crippen LogP contribution in [0.15, 0.2) is 24.3 Å². The van der Waals surface area contributed by atoms with Crippen LogP contribution in [0.25, 0.3) is 0 Å². The van der Waals surface area contributed by atoms with Gasteiger partial charge in [-0.05, 0) is 98.1 Å². The second-order valence-electron chi connectivity index (χ2n) is 12.7. The molecule has 1 aromatic carbocycles. The Kier molecular flexibility index (Phi) is 6.63. The van der Waals surface area contributed by atoms with Crippen LogP contribution in [0.3, 0.4) is 0 Å². The molecule has 0 N–H and O–H groups in total. The van der Waals surface area contributed by atoms with Crippen molar-refractivity contribution < 1.29 is 9.47 Å². The maximum atomic E-state index is 6.77. The molecule has 1 unspecified atom stereocenters. The lowest BCUT2D eigenvalue weighted by molar-refractivity contribution is -0.216. The average molecular weight is 439 g/mol. The molecule has 5 aliphatic rings. The third-order valence-corrected chi connectivity index (χ3v) is 9.87. The number of rotatable bonds is 9. The van der Waals surface area contributed by atoms with Crippen LogP contribution in [0, 0.1) is 29.1 Å². The van der Waals surface area contributed by atoms with Gasteiger partial charge in [0.1, 0.15) is 5.75 Å². The summed E-state index contributed by atoms with van der Waals surface area (Å²) >= 11 is 0. The van der Waals surface area contributed by atoms with Crippen molar-refractivity contribution in [2.75, 3.05) is 6.61 Å². The van der Waals surface area contributed by atoms with Gasteiger partial charge in [-0.2, -0.15) is 0 Å². The molecule has 5 aliphatic carbocycles. The van der Waals surface area contributed by atoms with Crippen molar-refractivity contribution in [2.24, 2.45) is 29.1 Å². The molecule has 1 atom stereocenters. The molecule has 0 heterocycles. The molecule has 6 rings (SSSR count). The molecule has 5 saturated carbocycles. The van der Waals surface area contributed by atoms with Crippen LogP contribution in [0.1, 0.15) is 110 Å². The van der Waals surface area contributed by atoms with E-state index in [2.05, 4.69) is 45.0 Å². The molecule has 0 spiro atoms. The van der Waals surface area contributed by atoms with Gasteiger partial charge in [-0.15, -0.1) is 0 Å². The zero-order valence-corrected chi connectivity index (χ0v) is 20.9. The summed E-state index contributed by atoms with van der Waals surface area (Å²) in [6.45, 7) is 7.80. The molecule has 0 amide bonds. The van der Waals surface area contributed by atoms with E-state index in [4.69, 9.17) is 9.47 Å². The molecule has 4 bridgehead atoms. The summed E-state index contributed by atoms with van der Waals surface area (Å²) in [4.78, 5) is 0. The number of hydrogen-bond acceptors (Lipinski definition) is 2. The first kappa shape index (κ1) is 22.8. The molecular formula is C30H46O2. The Balaban J connectivity index is 1.30. The molecule has 32 heavy (non-hydrogen) atoms. The molecule has 0 radical (unpaired) electrons. The van der Waals surface area contributed by atoms with E-state index in [0.29, 0.717) is 0 Å². The van der Waals surface area contributed by atoms with Crippen LogP contribution in [0.4, 0.5) is 0 Å². The SMILES string of the molecule is CCC(C)(C)c1ccc(OC(OCCC2CCCCC2)C23CC4CC(CC(C4)C2)C3)cc1. The second kappa shape index (κ2) is 9.32. The Hall–Kier alpha value is -1.02. The van der Waals surface area contributed by atoms with Gasteiger partial charge in [0.2, 0.25) is 6.29 Å². The summed E-state index contributed by atoms with van der Waals surface area (Å²) in [6.07, 6.45) is 17.8. The highest BCUT2D eigenvalue weighted by atomic mass is 16.7. The van der Waals surface area contributed by atoms with Gasteiger partial charge in [0.15, 0.2) is 0 Å². The topological polar surface area (TPSA) is 18.5 Å². The predicted octanol–water partition coefficient (Wildman–Crippen LogP) is 8.28. The zero-order chi connectivity index (χ0) is 22.2. The van der Waals surface area contributed by atoms with Crippen LogP contribution in [0.5, 0.6) is 5.75 Å². The maximum absolute atomic E-state index is 6.77. The minimum Gasteiger partial charge on any atom is -0.464 e. The molecule has 0 aliphatic heterocycles. The quantitative estimate of drug-likeness (QED) is 0.361. The lowest BCUT2D eigenvalue weighted by Gasteiger charge is -2.58. The molecule has 0 aromatic heterocycles. The van der Waals surface area contributed by atoms with E-state index in [1.807, 2.05) is 0 Å². The minimum absolute atomic E-state index is 0.0653. The van der Waals surface area contributed by atoms with E-state index in [0.717, 1.165) is 42.4 Å². The van der Waals surface area contributed by atoms with Gasteiger partial charge in [0.25, 0.3) is 0 Å². The normalized spacial score (nSPS) is 33.4. The van der Waals surface area contributed by atoms with Gasteiger partial charge < -0.3 is 9.47 Å². The predicted molar refractivity (Wildman–Crippen MR) is 132 cm³/mol. The second-order valence-corrected chi connectivity index (χ2v) is 12.7. The summed E-state index contributed by atoms with van der Waals surface area (Å²) in [5, 5.41) is 0. The van der Waals surface area contributed by atoms with Crippen molar-refractivity contribution in [1.29, 1.82) is 0 Å². The fraction of sp³-hybridized carbons (Fsp3) is 0.800. The van der Waals surface area contributed by atoms with Crippen LogP contribution in [-0.2, 0) is 10.2 Å². The summed E-state index contributed by atoms with van der Waals surface area (Å²) in [5.41, 5.74) is 1.87. The lowest BCUT2D eigenvalue weighted by atomic mass is 9.49. The smallest absolute Gasteiger partial charge is 0.205 e. The van der Waals surface area contributed by atoms with Crippen molar-refractivity contribution in [3.8, 4) is 5.75 Å². The Morgan fingerprint density at radius 2 is 1.50 bits per heavy atom. The Morgan fingerprint density at radius 1 is 0.906 bits per heavy atom. The third kappa shape index (κ3) is 4.77. The Labute approximate surface area is 196 Å². The van der Waals surface area contributed by atoms with Gasteiger partial charge in [0, 0.05) is 5.41 Å². The van der Waals surface area contributed by atoms with Crippen LogP contribution < -0.4 is 4.74 Å². The average Bonchev–Trinajstić information content (AvgIpc) is 2.78. The summed E-state index contributed by atoms with van der Waals surface area (Å²) in [6, 6.07) is 8.95. The molecule has 0 saturated heterocycles. The van der Waals surface area contributed by atoms with Crippen molar-refractivity contribution in [2.45, 2.75) is 116 Å². The zero-order valence-electron chi connectivity index (χ0n) is 20.9. The van der Waals surface area contributed by atoms with E-state index < -0.39 is 0 Å². The van der Waals surface area contributed by atoms with E-state index in [1.54, 1.807) is 0 Å². The molecule has 1 aromatic rings. The van der Waals surface area contributed by atoms with Crippen molar-refractivity contribution in [3.05, 3.63) is 29.8 Å². The van der Waals surface area contributed by atoms with Crippen LogP contribution in [-0.4, -0.2) is 12.9 Å². The highest BCUT2D eigenvalue weighted by Crippen LogP contribution is 2.62. The van der Waals surface area contributed by atoms with E-state index in [9.17, 15) is 0 Å². The Bertz CT molecular complexity index is 707. The van der Waals surface area contributed by atoms with Crippen molar-refractivity contribution in [1.82, 2.24) is 0 Å². The fourth-order valence-corrected chi connectivity index (χ4v) is 7.93. The van der Waals surface area contributed by atoms with Crippen molar-refractivity contribution >= 4 is 0 Å². The van der Waals surface area contributed by atoms with Gasteiger partial charge in [-0.3, -0.25) is 0 Å². The van der Waals surface area contributed by atoms with E-state index >= 15 is 0 Å². The van der Waals surface area contributed by atoms with Crippen molar-refractivity contribution in [3.63, 3.8) is 0 Å². The summed E-state index contributed by atoms with van der Waals surface area (Å²) in [5.74, 6) is 4.63. The maximum Gasteiger partial charge on any atom is 0.205 e. The summed E-state index contributed by atoms with van der Waals surface area (Å²) in [7, 11) is 0.